The normalized spacial score (nSPS) is 23.2. The number of rotatable bonds is 6. The summed E-state index contributed by atoms with van der Waals surface area (Å²) in [6.07, 6.45) is 0.947. The number of amides is 3. The molecule has 2 aliphatic rings. The molecule has 0 aliphatic carbocycles. The zero-order valence-electron chi connectivity index (χ0n) is 15.9. The van der Waals surface area contributed by atoms with Crippen LogP contribution in [0.2, 0.25) is 0 Å². The Morgan fingerprint density at radius 3 is 2.54 bits per heavy atom. The molecule has 1 unspecified atom stereocenters. The molecule has 2 heterocycles. The van der Waals surface area contributed by atoms with Crippen molar-refractivity contribution in [3.8, 4) is 0 Å². The molecule has 8 nitrogen and oxygen atoms in total. The van der Waals surface area contributed by atoms with Gasteiger partial charge in [-0.2, -0.15) is 13.5 Å². The van der Waals surface area contributed by atoms with Gasteiger partial charge in [-0.1, -0.05) is 30.3 Å². The van der Waals surface area contributed by atoms with E-state index in [0.29, 0.717) is 39.1 Å². The molecule has 9 heteroatoms. The number of carbonyl (C=O) groups excluding carboxylic acids is 3. The van der Waals surface area contributed by atoms with E-state index in [-0.39, 0.29) is 38.2 Å². The summed E-state index contributed by atoms with van der Waals surface area (Å²) in [7, 11) is 0. The largest absolute Gasteiger partial charge is 0.370 e. The summed E-state index contributed by atoms with van der Waals surface area (Å²) in [6, 6.07) is 9.23. The predicted octanol–water partition coefficient (Wildman–Crippen LogP) is -0.705. The molecule has 1 spiro atoms. The van der Waals surface area contributed by atoms with Gasteiger partial charge in [-0.05, 0) is 18.4 Å². The van der Waals surface area contributed by atoms with Crippen molar-refractivity contribution >= 4 is 31.2 Å². The second kappa shape index (κ2) is 9.40. The van der Waals surface area contributed by atoms with E-state index < -0.39 is 17.5 Å². The van der Waals surface area contributed by atoms with Crippen molar-refractivity contribution in [3.05, 3.63) is 35.9 Å². The molecule has 0 radical (unpaired) electrons. The SMILES string of the molecule is NC(=O)CC[C@H](N)C(=O)N1CCN(Cc2ccccc2)C2(CCNC2=O)C1.S. The van der Waals surface area contributed by atoms with Gasteiger partial charge in [-0.3, -0.25) is 19.3 Å². The summed E-state index contributed by atoms with van der Waals surface area (Å²) in [5.74, 6) is -0.742. The highest BCUT2D eigenvalue weighted by molar-refractivity contribution is 7.59. The van der Waals surface area contributed by atoms with Crippen LogP contribution >= 0.6 is 13.5 Å². The molecule has 28 heavy (non-hydrogen) atoms. The minimum absolute atomic E-state index is 0. The summed E-state index contributed by atoms with van der Waals surface area (Å²) in [6.45, 7) is 2.67. The molecule has 0 saturated carbocycles. The van der Waals surface area contributed by atoms with Gasteiger partial charge in [0.25, 0.3) is 0 Å². The van der Waals surface area contributed by atoms with Gasteiger partial charge in [0.2, 0.25) is 17.7 Å². The van der Waals surface area contributed by atoms with E-state index in [2.05, 4.69) is 10.2 Å². The molecule has 0 bridgehead atoms. The monoisotopic (exact) mass is 407 g/mol. The smallest absolute Gasteiger partial charge is 0.242 e. The Morgan fingerprint density at radius 2 is 1.93 bits per heavy atom. The summed E-state index contributed by atoms with van der Waals surface area (Å²) in [5.41, 5.74) is 11.5. The highest BCUT2D eigenvalue weighted by Crippen LogP contribution is 2.31. The molecule has 3 rings (SSSR count). The maximum Gasteiger partial charge on any atom is 0.242 e. The van der Waals surface area contributed by atoms with Crippen LogP contribution in [0.5, 0.6) is 0 Å². The Balaban J connectivity index is 0.00000280. The average molecular weight is 408 g/mol. The third-order valence-corrected chi connectivity index (χ3v) is 5.49. The lowest BCUT2D eigenvalue weighted by molar-refractivity contribution is -0.145. The fourth-order valence-electron chi connectivity index (χ4n) is 3.94. The molecule has 1 aromatic carbocycles. The number of benzene rings is 1. The number of nitrogens with one attached hydrogen (secondary N) is 1. The first-order chi connectivity index (χ1) is 12.9. The lowest BCUT2D eigenvalue weighted by atomic mass is 9.90. The summed E-state index contributed by atoms with van der Waals surface area (Å²) < 4.78 is 0. The zero-order chi connectivity index (χ0) is 19.4. The first kappa shape index (κ1) is 22.2. The van der Waals surface area contributed by atoms with Crippen molar-refractivity contribution in [3.63, 3.8) is 0 Å². The fourth-order valence-corrected chi connectivity index (χ4v) is 3.94. The van der Waals surface area contributed by atoms with E-state index in [4.69, 9.17) is 11.5 Å². The Bertz CT molecular complexity index is 717. The van der Waals surface area contributed by atoms with Crippen LogP contribution in [0, 0.1) is 0 Å². The maximum atomic E-state index is 12.7. The maximum absolute atomic E-state index is 12.7. The average Bonchev–Trinajstić information content (AvgIpc) is 3.02. The number of primary amides is 1. The molecular weight excluding hydrogens is 378 g/mol. The van der Waals surface area contributed by atoms with Crippen LogP contribution in [0.1, 0.15) is 24.8 Å². The third-order valence-electron chi connectivity index (χ3n) is 5.49. The standard InChI is InChI=1S/C19H27N5O3.H2S/c20-15(6-7-16(21)25)17(26)23-10-11-24(12-14-4-2-1-3-5-14)19(13-23)8-9-22-18(19)27;/h1-5,15H,6-13,20H2,(H2,21,25)(H,22,27);1H2/t15-,19?;/m0./s1. The van der Waals surface area contributed by atoms with Crippen molar-refractivity contribution in [2.24, 2.45) is 11.5 Å². The molecule has 2 fully saturated rings. The van der Waals surface area contributed by atoms with Crippen LogP contribution in [0.4, 0.5) is 0 Å². The van der Waals surface area contributed by atoms with Crippen LogP contribution in [-0.4, -0.2) is 65.3 Å². The quantitative estimate of drug-likeness (QED) is 0.575. The number of hydrogen-bond donors (Lipinski definition) is 3. The lowest BCUT2D eigenvalue weighted by Gasteiger charge is -2.47. The van der Waals surface area contributed by atoms with Crippen molar-refractivity contribution in [1.82, 2.24) is 15.1 Å². The minimum atomic E-state index is -0.778. The summed E-state index contributed by atoms with van der Waals surface area (Å²) >= 11 is 0. The summed E-state index contributed by atoms with van der Waals surface area (Å²) in [4.78, 5) is 40.2. The van der Waals surface area contributed by atoms with Crippen molar-refractivity contribution in [2.75, 3.05) is 26.2 Å². The van der Waals surface area contributed by atoms with Crippen LogP contribution in [0.15, 0.2) is 30.3 Å². The fraction of sp³-hybridized carbons (Fsp3) is 0.526. The predicted molar refractivity (Wildman–Crippen MR) is 111 cm³/mol. The zero-order valence-corrected chi connectivity index (χ0v) is 16.9. The van der Waals surface area contributed by atoms with Gasteiger partial charge in [0.15, 0.2) is 0 Å². The molecule has 154 valence electrons. The molecule has 1 aromatic rings. The Hall–Kier alpha value is -2.10. The van der Waals surface area contributed by atoms with Gasteiger partial charge in [0.1, 0.15) is 5.54 Å². The first-order valence-corrected chi connectivity index (χ1v) is 9.32. The Morgan fingerprint density at radius 1 is 1.21 bits per heavy atom. The first-order valence-electron chi connectivity index (χ1n) is 9.32. The number of piperazine rings is 1. The van der Waals surface area contributed by atoms with E-state index in [1.807, 2.05) is 30.3 Å². The molecule has 5 N–H and O–H groups in total. The van der Waals surface area contributed by atoms with Gasteiger partial charge in [0, 0.05) is 39.1 Å². The van der Waals surface area contributed by atoms with Gasteiger partial charge in [0.05, 0.1) is 6.04 Å². The second-order valence-corrected chi connectivity index (χ2v) is 7.32. The van der Waals surface area contributed by atoms with Crippen LogP contribution in [0.25, 0.3) is 0 Å². The van der Waals surface area contributed by atoms with Crippen LogP contribution < -0.4 is 16.8 Å². The van der Waals surface area contributed by atoms with E-state index in [0.717, 1.165) is 5.56 Å². The second-order valence-electron chi connectivity index (χ2n) is 7.32. The van der Waals surface area contributed by atoms with Gasteiger partial charge >= 0.3 is 0 Å². The molecule has 2 aliphatic heterocycles. The molecular formula is C19H29N5O3S. The van der Waals surface area contributed by atoms with Crippen LogP contribution in [0.3, 0.4) is 0 Å². The van der Waals surface area contributed by atoms with Crippen molar-refractivity contribution in [1.29, 1.82) is 0 Å². The number of nitrogens with two attached hydrogens (primary N) is 2. The number of carbonyl (C=O) groups is 3. The number of hydrogen-bond acceptors (Lipinski definition) is 5. The number of nitrogens with zero attached hydrogens (tertiary/aromatic N) is 2. The molecule has 2 saturated heterocycles. The van der Waals surface area contributed by atoms with E-state index >= 15 is 0 Å². The molecule has 0 aromatic heterocycles. The van der Waals surface area contributed by atoms with Gasteiger partial charge in [-0.25, -0.2) is 0 Å². The highest BCUT2D eigenvalue weighted by atomic mass is 32.1. The van der Waals surface area contributed by atoms with Gasteiger partial charge < -0.3 is 21.7 Å². The van der Waals surface area contributed by atoms with Crippen LogP contribution in [-0.2, 0) is 20.9 Å². The molecule has 2 atom stereocenters. The highest BCUT2D eigenvalue weighted by Gasteiger charge is 2.51. The van der Waals surface area contributed by atoms with E-state index in [1.165, 1.54) is 0 Å². The van der Waals surface area contributed by atoms with Crippen molar-refractivity contribution < 1.29 is 14.4 Å². The van der Waals surface area contributed by atoms with E-state index in [1.54, 1.807) is 4.90 Å². The van der Waals surface area contributed by atoms with Crippen molar-refractivity contribution in [2.45, 2.75) is 37.4 Å². The Labute approximate surface area is 172 Å². The van der Waals surface area contributed by atoms with E-state index in [9.17, 15) is 14.4 Å². The lowest BCUT2D eigenvalue weighted by Crippen LogP contribution is -2.67. The minimum Gasteiger partial charge on any atom is -0.370 e. The Kier molecular flexibility index (Phi) is 7.45. The van der Waals surface area contributed by atoms with Gasteiger partial charge in [-0.15, -0.1) is 0 Å². The third kappa shape index (κ3) is 4.65. The molecule has 3 amide bonds. The summed E-state index contributed by atoms with van der Waals surface area (Å²) in [5, 5.41) is 2.91. The topological polar surface area (TPSA) is 122 Å².